The fraction of sp³-hybridized carbons (Fsp3) is 0.500. The summed E-state index contributed by atoms with van der Waals surface area (Å²) in [5.74, 6) is -0.371. The molecule has 0 bridgehead atoms. The number of benzene rings is 1. The molecule has 0 atom stereocenters. The normalized spacial score (nSPS) is 12.7. The third-order valence-electron chi connectivity index (χ3n) is 3.68. The van der Waals surface area contributed by atoms with Crippen molar-refractivity contribution >= 4 is 12.0 Å². The van der Waals surface area contributed by atoms with Crippen molar-refractivity contribution < 1.29 is 14.6 Å². The van der Waals surface area contributed by atoms with Crippen molar-refractivity contribution in [2.24, 2.45) is 0 Å². The van der Waals surface area contributed by atoms with Gasteiger partial charge in [-0.1, -0.05) is 41.5 Å². The van der Waals surface area contributed by atoms with Crippen LogP contribution in [0.2, 0.25) is 0 Å². The first-order valence-electron chi connectivity index (χ1n) is 8.08. The maximum atomic E-state index is 11.8. The average molecular weight is 329 g/mol. The number of hydrogen-bond acceptors (Lipinski definition) is 4. The Balaban J connectivity index is 3.61. The summed E-state index contributed by atoms with van der Waals surface area (Å²) in [5.41, 5.74) is 1.66. The van der Waals surface area contributed by atoms with Crippen molar-refractivity contribution in [3.05, 3.63) is 34.4 Å². The molecule has 0 aromatic heterocycles. The van der Waals surface area contributed by atoms with Crippen LogP contribution < -0.4 is 0 Å². The number of rotatable bonds is 3. The molecule has 0 unspecified atom stereocenters. The molecule has 0 spiro atoms. The van der Waals surface area contributed by atoms with E-state index in [9.17, 15) is 15.2 Å². The van der Waals surface area contributed by atoms with Gasteiger partial charge in [-0.15, -0.1) is 0 Å². The first-order valence-corrected chi connectivity index (χ1v) is 8.08. The van der Waals surface area contributed by atoms with Gasteiger partial charge in [0.25, 0.3) is 0 Å². The van der Waals surface area contributed by atoms with E-state index in [0.717, 1.165) is 11.1 Å². The summed E-state index contributed by atoms with van der Waals surface area (Å²) in [6.45, 7) is 14.0. The van der Waals surface area contributed by atoms with Gasteiger partial charge in [-0.3, -0.25) is 0 Å². The van der Waals surface area contributed by atoms with Gasteiger partial charge < -0.3 is 9.84 Å². The maximum Gasteiger partial charge on any atom is 0.348 e. The van der Waals surface area contributed by atoms with E-state index in [2.05, 4.69) is 0 Å². The highest BCUT2D eigenvalue weighted by atomic mass is 16.5. The van der Waals surface area contributed by atoms with Gasteiger partial charge in [-0.25, -0.2) is 4.79 Å². The van der Waals surface area contributed by atoms with Gasteiger partial charge in [0, 0.05) is 11.1 Å². The van der Waals surface area contributed by atoms with Crippen molar-refractivity contribution in [2.75, 3.05) is 6.61 Å². The standard InChI is InChI=1S/C20H27NO3/c1-8-24-18(23)14(12-21)9-13-10-15(19(2,3)4)17(22)16(11-13)20(5,6)7/h9-11,22H,8H2,1-7H3. The number of carbonyl (C=O) groups excluding carboxylic acids is 1. The van der Waals surface area contributed by atoms with Crippen LogP contribution in [0.25, 0.3) is 6.08 Å². The van der Waals surface area contributed by atoms with Crippen molar-refractivity contribution in [1.29, 1.82) is 5.26 Å². The smallest absolute Gasteiger partial charge is 0.348 e. The van der Waals surface area contributed by atoms with E-state index >= 15 is 0 Å². The molecule has 130 valence electrons. The lowest BCUT2D eigenvalue weighted by Crippen LogP contribution is -2.17. The molecular formula is C20H27NO3. The number of aromatic hydroxyl groups is 1. The largest absolute Gasteiger partial charge is 0.507 e. The van der Waals surface area contributed by atoms with Crippen LogP contribution >= 0.6 is 0 Å². The molecule has 4 heteroatoms. The Kier molecular flexibility index (Phi) is 5.84. The first kappa shape index (κ1) is 19.8. The molecule has 1 rings (SSSR count). The third-order valence-corrected chi connectivity index (χ3v) is 3.68. The Morgan fingerprint density at radius 2 is 1.62 bits per heavy atom. The number of nitrogens with zero attached hydrogens (tertiary/aromatic N) is 1. The summed E-state index contributed by atoms with van der Waals surface area (Å²) in [4.78, 5) is 11.8. The number of nitriles is 1. The van der Waals surface area contributed by atoms with Gasteiger partial charge in [0.2, 0.25) is 0 Å². The van der Waals surface area contributed by atoms with Gasteiger partial charge in [0.15, 0.2) is 0 Å². The predicted molar refractivity (Wildman–Crippen MR) is 95.7 cm³/mol. The maximum absolute atomic E-state index is 11.8. The minimum absolute atomic E-state index is 0.0535. The SMILES string of the molecule is CCOC(=O)C(C#N)=Cc1cc(C(C)(C)C)c(O)c(C(C)(C)C)c1. The summed E-state index contributed by atoms with van der Waals surface area (Å²) < 4.78 is 4.91. The molecule has 1 N–H and O–H groups in total. The highest BCUT2D eigenvalue weighted by Crippen LogP contribution is 2.40. The molecule has 0 aliphatic heterocycles. The number of ether oxygens (including phenoxy) is 1. The minimum Gasteiger partial charge on any atom is -0.507 e. The van der Waals surface area contributed by atoms with Crippen LogP contribution in [-0.4, -0.2) is 17.7 Å². The number of phenolic OH excluding ortho intramolecular Hbond substituents is 1. The summed E-state index contributed by atoms with van der Waals surface area (Å²) in [7, 11) is 0. The highest BCUT2D eigenvalue weighted by Gasteiger charge is 2.26. The van der Waals surface area contributed by atoms with E-state index in [1.165, 1.54) is 6.08 Å². The molecule has 0 aliphatic rings. The van der Waals surface area contributed by atoms with Gasteiger partial charge in [0.05, 0.1) is 6.61 Å². The van der Waals surface area contributed by atoms with Gasteiger partial charge in [0.1, 0.15) is 17.4 Å². The van der Waals surface area contributed by atoms with E-state index in [4.69, 9.17) is 4.74 Å². The van der Waals surface area contributed by atoms with Crippen molar-refractivity contribution in [1.82, 2.24) is 0 Å². The molecule has 0 fully saturated rings. The molecule has 4 nitrogen and oxygen atoms in total. The van der Waals surface area contributed by atoms with Crippen LogP contribution in [0.15, 0.2) is 17.7 Å². The number of phenols is 1. The lowest BCUT2D eigenvalue weighted by atomic mass is 9.78. The van der Waals surface area contributed by atoms with E-state index < -0.39 is 5.97 Å². The fourth-order valence-electron chi connectivity index (χ4n) is 2.40. The quantitative estimate of drug-likeness (QED) is 0.505. The van der Waals surface area contributed by atoms with E-state index in [0.29, 0.717) is 5.56 Å². The second-order valence-electron chi connectivity index (χ2n) is 7.85. The summed E-state index contributed by atoms with van der Waals surface area (Å²) >= 11 is 0. The fourth-order valence-corrected chi connectivity index (χ4v) is 2.40. The second kappa shape index (κ2) is 7.09. The lowest BCUT2D eigenvalue weighted by molar-refractivity contribution is -0.137. The van der Waals surface area contributed by atoms with Crippen LogP contribution in [0, 0.1) is 11.3 Å². The van der Waals surface area contributed by atoms with Crippen molar-refractivity contribution in [3.63, 3.8) is 0 Å². The van der Waals surface area contributed by atoms with Gasteiger partial charge in [-0.05, 0) is 41.5 Å². The van der Waals surface area contributed by atoms with Crippen molar-refractivity contribution in [2.45, 2.75) is 59.3 Å². The highest BCUT2D eigenvalue weighted by molar-refractivity contribution is 5.98. The zero-order chi connectivity index (χ0) is 18.7. The second-order valence-corrected chi connectivity index (χ2v) is 7.85. The van der Waals surface area contributed by atoms with E-state index in [1.54, 1.807) is 6.92 Å². The zero-order valence-corrected chi connectivity index (χ0v) is 15.7. The molecule has 0 amide bonds. The number of carbonyl (C=O) groups is 1. The van der Waals surface area contributed by atoms with Crippen LogP contribution in [0.3, 0.4) is 0 Å². The summed E-state index contributed by atoms with van der Waals surface area (Å²) in [5, 5.41) is 19.9. The average Bonchev–Trinajstić information content (AvgIpc) is 2.43. The van der Waals surface area contributed by atoms with Crippen molar-refractivity contribution in [3.8, 4) is 11.8 Å². The summed E-state index contributed by atoms with van der Waals surface area (Å²) in [6, 6.07) is 5.53. The molecule has 0 radical (unpaired) electrons. The Hall–Kier alpha value is -2.28. The van der Waals surface area contributed by atoms with Gasteiger partial charge in [-0.2, -0.15) is 5.26 Å². The predicted octanol–water partition coefficient (Wildman–Crippen LogP) is 4.46. The molecule has 0 aliphatic carbocycles. The first-order chi connectivity index (χ1) is 10.9. The van der Waals surface area contributed by atoms with E-state index in [1.807, 2.05) is 59.7 Å². The Bertz CT molecular complexity index is 660. The van der Waals surface area contributed by atoms with Gasteiger partial charge >= 0.3 is 5.97 Å². The van der Waals surface area contributed by atoms with Crippen LogP contribution in [0.1, 0.15) is 65.2 Å². The molecule has 24 heavy (non-hydrogen) atoms. The van der Waals surface area contributed by atoms with E-state index in [-0.39, 0.29) is 28.8 Å². The monoisotopic (exact) mass is 329 g/mol. The van der Waals surface area contributed by atoms with Crippen LogP contribution in [-0.2, 0) is 20.4 Å². The molecule has 0 saturated carbocycles. The number of esters is 1. The molecule has 1 aromatic rings. The topological polar surface area (TPSA) is 70.3 Å². The summed E-state index contributed by atoms with van der Waals surface area (Å²) in [6.07, 6.45) is 1.52. The Morgan fingerprint density at radius 3 is 1.96 bits per heavy atom. The molecule has 1 aromatic carbocycles. The number of hydrogen-bond donors (Lipinski definition) is 1. The Morgan fingerprint density at radius 1 is 1.17 bits per heavy atom. The van der Waals surface area contributed by atoms with Crippen LogP contribution in [0.4, 0.5) is 0 Å². The zero-order valence-electron chi connectivity index (χ0n) is 15.7. The Labute approximate surface area is 144 Å². The molecule has 0 saturated heterocycles. The third kappa shape index (κ3) is 4.61. The van der Waals surface area contributed by atoms with Crippen LogP contribution in [0.5, 0.6) is 5.75 Å². The minimum atomic E-state index is -0.636. The molecular weight excluding hydrogens is 302 g/mol. The molecule has 0 heterocycles. The lowest BCUT2D eigenvalue weighted by Gasteiger charge is -2.27.